The zero-order valence-corrected chi connectivity index (χ0v) is 11.7. The number of rotatable bonds is 4. The predicted molar refractivity (Wildman–Crippen MR) is 78.1 cm³/mol. The van der Waals surface area contributed by atoms with Crippen molar-refractivity contribution in [1.82, 2.24) is 0 Å². The maximum Gasteiger partial charge on any atom is 0.0761 e. The standard InChI is InChI=1S/C15H15ClOS/c1-11(17)12-6-8-14(9-7-12)18-10-13-4-2-3-5-15(13)16/h2-9,11,17H,10H2,1H3/t11-/m1/s1. The van der Waals surface area contributed by atoms with Gasteiger partial charge in [0.05, 0.1) is 6.10 Å². The van der Waals surface area contributed by atoms with Crippen LogP contribution in [-0.4, -0.2) is 5.11 Å². The molecule has 1 N–H and O–H groups in total. The summed E-state index contributed by atoms with van der Waals surface area (Å²) < 4.78 is 0. The first-order valence-electron chi connectivity index (χ1n) is 5.81. The topological polar surface area (TPSA) is 20.2 Å². The molecule has 18 heavy (non-hydrogen) atoms. The molecule has 0 aromatic heterocycles. The van der Waals surface area contributed by atoms with Gasteiger partial charge in [0.2, 0.25) is 0 Å². The molecule has 0 saturated carbocycles. The highest BCUT2D eigenvalue weighted by Crippen LogP contribution is 2.27. The van der Waals surface area contributed by atoms with Crippen LogP contribution in [-0.2, 0) is 5.75 Å². The smallest absolute Gasteiger partial charge is 0.0761 e. The van der Waals surface area contributed by atoms with Crippen LogP contribution in [0.4, 0.5) is 0 Å². The quantitative estimate of drug-likeness (QED) is 0.819. The van der Waals surface area contributed by atoms with E-state index in [1.54, 1.807) is 18.7 Å². The molecule has 0 aliphatic rings. The minimum Gasteiger partial charge on any atom is -0.389 e. The van der Waals surface area contributed by atoms with E-state index in [0.29, 0.717) is 0 Å². The Hall–Kier alpha value is -0.960. The van der Waals surface area contributed by atoms with Crippen LogP contribution in [0.3, 0.4) is 0 Å². The lowest BCUT2D eigenvalue weighted by molar-refractivity contribution is 0.199. The van der Waals surface area contributed by atoms with Gasteiger partial charge in [-0.2, -0.15) is 0 Å². The van der Waals surface area contributed by atoms with E-state index in [-0.39, 0.29) is 0 Å². The van der Waals surface area contributed by atoms with Gasteiger partial charge in [0, 0.05) is 15.7 Å². The normalized spacial score (nSPS) is 12.4. The summed E-state index contributed by atoms with van der Waals surface area (Å²) in [6.45, 7) is 1.77. The van der Waals surface area contributed by atoms with E-state index in [4.69, 9.17) is 11.6 Å². The van der Waals surface area contributed by atoms with Gasteiger partial charge in [-0.1, -0.05) is 41.9 Å². The third kappa shape index (κ3) is 3.52. The number of aliphatic hydroxyl groups is 1. The van der Waals surface area contributed by atoms with Gasteiger partial charge in [-0.15, -0.1) is 11.8 Å². The molecule has 0 amide bonds. The van der Waals surface area contributed by atoms with Crippen molar-refractivity contribution in [2.75, 3.05) is 0 Å². The SMILES string of the molecule is C[C@@H](O)c1ccc(SCc2ccccc2Cl)cc1. The lowest BCUT2D eigenvalue weighted by Crippen LogP contribution is -1.89. The maximum atomic E-state index is 9.43. The van der Waals surface area contributed by atoms with Gasteiger partial charge in [-0.3, -0.25) is 0 Å². The Morgan fingerprint density at radius 1 is 1.11 bits per heavy atom. The van der Waals surface area contributed by atoms with Crippen molar-refractivity contribution >= 4 is 23.4 Å². The van der Waals surface area contributed by atoms with Crippen molar-refractivity contribution in [2.24, 2.45) is 0 Å². The second-order valence-electron chi connectivity index (χ2n) is 4.13. The summed E-state index contributed by atoms with van der Waals surface area (Å²) in [4.78, 5) is 1.18. The van der Waals surface area contributed by atoms with Gasteiger partial charge < -0.3 is 5.11 Å². The monoisotopic (exact) mass is 278 g/mol. The Labute approximate surface area is 117 Å². The lowest BCUT2D eigenvalue weighted by atomic mass is 10.1. The molecule has 0 spiro atoms. The van der Waals surface area contributed by atoms with Crippen LogP contribution in [0.15, 0.2) is 53.4 Å². The average Bonchev–Trinajstić information content (AvgIpc) is 2.38. The summed E-state index contributed by atoms with van der Waals surface area (Å²) in [5, 5.41) is 10.2. The predicted octanol–water partition coefficient (Wildman–Crippen LogP) is 4.69. The Morgan fingerprint density at radius 2 is 1.78 bits per heavy atom. The first kappa shape index (κ1) is 13.5. The molecule has 0 saturated heterocycles. The molecule has 3 heteroatoms. The lowest BCUT2D eigenvalue weighted by Gasteiger charge is -2.07. The third-order valence-electron chi connectivity index (χ3n) is 2.71. The molecule has 94 valence electrons. The van der Waals surface area contributed by atoms with E-state index in [2.05, 4.69) is 0 Å². The third-order valence-corrected chi connectivity index (χ3v) is 4.14. The van der Waals surface area contributed by atoms with Gasteiger partial charge in [-0.25, -0.2) is 0 Å². The maximum absolute atomic E-state index is 9.43. The molecule has 2 aromatic carbocycles. The summed E-state index contributed by atoms with van der Waals surface area (Å²) in [5.74, 6) is 0.855. The number of hydrogen-bond acceptors (Lipinski definition) is 2. The van der Waals surface area contributed by atoms with E-state index in [1.807, 2.05) is 48.5 Å². The fourth-order valence-corrected chi connectivity index (χ4v) is 2.80. The first-order valence-corrected chi connectivity index (χ1v) is 7.17. The van der Waals surface area contributed by atoms with Gasteiger partial charge in [0.15, 0.2) is 0 Å². The second kappa shape index (κ2) is 6.28. The minimum atomic E-state index is -0.410. The van der Waals surface area contributed by atoms with Crippen molar-refractivity contribution in [2.45, 2.75) is 23.7 Å². The summed E-state index contributed by atoms with van der Waals surface area (Å²) in [5.41, 5.74) is 2.08. The van der Waals surface area contributed by atoms with Crippen LogP contribution in [0.5, 0.6) is 0 Å². The highest BCUT2D eigenvalue weighted by atomic mass is 35.5. The summed E-state index contributed by atoms with van der Waals surface area (Å²) in [6.07, 6.45) is -0.410. The number of hydrogen-bond donors (Lipinski definition) is 1. The molecule has 0 fully saturated rings. The molecule has 0 radical (unpaired) electrons. The van der Waals surface area contributed by atoms with E-state index in [0.717, 1.165) is 21.9 Å². The van der Waals surface area contributed by atoms with E-state index in [9.17, 15) is 5.11 Å². The Bertz CT molecular complexity index is 508. The molecule has 1 atom stereocenters. The number of benzene rings is 2. The largest absolute Gasteiger partial charge is 0.389 e. The highest BCUT2D eigenvalue weighted by Gasteiger charge is 2.02. The Morgan fingerprint density at radius 3 is 2.39 bits per heavy atom. The molecule has 0 heterocycles. The van der Waals surface area contributed by atoms with Crippen LogP contribution in [0, 0.1) is 0 Å². The molecule has 2 rings (SSSR count). The number of thioether (sulfide) groups is 1. The van der Waals surface area contributed by atoms with Gasteiger partial charge in [-0.05, 0) is 36.2 Å². The Kier molecular flexibility index (Phi) is 4.70. The van der Waals surface area contributed by atoms with E-state index >= 15 is 0 Å². The van der Waals surface area contributed by atoms with Crippen LogP contribution >= 0.6 is 23.4 Å². The van der Waals surface area contributed by atoms with Gasteiger partial charge in [0.25, 0.3) is 0 Å². The van der Waals surface area contributed by atoms with Crippen LogP contribution in [0.2, 0.25) is 5.02 Å². The average molecular weight is 279 g/mol. The molecule has 1 nitrogen and oxygen atoms in total. The fourth-order valence-electron chi connectivity index (χ4n) is 1.62. The van der Waals surface area contributed by atoms with E-state index < -0.39 is 6.10 Å². The van der Waals surface area contributed by atoms with Crippen molar-refractivity contribution in [3.8, 4) is 0 Å². The molecular weight excluding hydrogens is 264 g/mol. The van der Waals surface area contributed by atoms with Crippen molar-refractivity contribution in [3.05, 3.63) is 64.7 Å². The Balaban J connectivity index is 2.00. The number of aliphatic hydroxyl groups excluding tert-OH is 1. The molecule has 2 aromatic rings. The van der Waals surface area contributed by atoms with E-state index in [1.165, 1.54) is 4.90 Å². The molecule has 0 unspecified atom stereocenters. The first-order chi connectivity index (χ1) is 8.66. The highest BCUT2D eigenvalue weighted by molar-refractivity contribution is 7.98. The zero-order chi connectivity index (χ0) is 13.0. The van der Waals surface area contributed by atoms with Crippen molar-refractivity contribution < 1.29 is 5.11 Å². The van der Waals surface area contributed by atoms with Gasteiger partial charge in [0.1, 0.15) is 0 Å². The molecule has 0 aliphatic heterocycles. The van der Waals surface area contributed by atoms with Crippen LogP contribution in [0.25, 0.3) is 0 Å². The van der Waals surface area contributed by atoms with Crippen molar-refractivity contribution in [1.29, 1.82) is 0 Å². The summed E-state index contributed by atoms with van der Waals surface area (Å²) in [7, 11) is 0. The summed E-state index contributed by atoms with van der Waals surface area (Å²) in [6, 6.07) is 15.9. The second-order valence-corrected chi connectivity index (χ2v) is 5.58. The molecule has 0 aliphatic carbocycles. The summed E-state index contributed by atoms with van der Waals surface area (Å²) >= 11 is 7.85. The zero-order valence-electron chi connectivity index (χ0n) is 10.1. The van der Waals surface area contributed by atoms with Crippen molar-refractivity contribution in [3.63, 3.8) is 0 Å². The fraction of sp³-hybridized carbons (Fsp3) is 0.200. The van der Waals surface area contributed by atoms with Gasteiger partial charge >= 0.3 is 0 Å². The van der Waals surface area contributed by atoms with Crippen LogP contribution < -0.4 is 0 Å². The minimum absolute atomic E-state index is 0.410. The molecule has 0 bridgehead atoms. The number of halogens is 1. The molecular formula is C15H15ClOS. The van der Waals surface area contributed by atoms with Crippen LogP contribution in [0.1, 0.15) is 24.2 Å².